The first-order valence-electron chi connectivity index (χ1n) is 7.22. The molecule has 0 aliphatic carbocycles. The summed E-state index contributed by atoms with van der Waals surface area (Å²) in [5.41, 5.74) is 1.96. The van der Waals surface area contributed by atoms with Crippen molar-refractivity contribution in [1.82, 2.24) is 4.90 Å². The lowest BCUT2D eigenvalue weighted by molar-refractivity contribution is -0.135. The number of imide groups is 1. The Morgan fingerprint density at radius 1 is 1.04 bits per heavy atom. The fourth-order valence-corrected chi connectivity index (χ4v) is 3.16. The van der Waals surface area contributed by atoms with Crippen molar-refractivity contribution < 1.29 is 14.4 Å². The molecule has 0 atom stereocenters. The molecule has 1 aliphatic heterocycles. The fourth-order valence-electron chi connectivity index (χ4n) is 2.39. The number of carbonyl (C=O) groups excluding carboxylic acids is 3. The quantitative estimate of drug-likeness (QED) is 0.838. The van der Waals surface area contributed by atoms with Gasteiger partial charge in [-0.25, -0.2) is 0 Å². The summed E-state index contributed by atoms with van der Waals surface area (Å²) in [5.74, 6) is -0.842. The van der Waals surface area contributed by atoms with Gasteiger partial charge in [-0.15, -0.1) is 11.3 Å². The molecule has 0 radical (unpaired) electrons. The molecule has 3 amide bonds. The monoisotopic (exact) mass is 341 g/mol. The van der Waals surface area contributed by atoms with Crippen LogP contribution in [0.15, 0.2) is 47.5 Å². The van der Waals surface area contributed by atoms with E-state index in [0.29, 0.717) is 16.9 Å². The van der Waals surface area contributed by atoms with Crippen molar-refractivity contribution >= 4 is 46.0 Å². The first-order valence-corrected chi connectivity index (χ1v) is 8.10. The number of rotatable bonds is 4. The van der Waals surface area contributed by atoms with Crippen LogP contribution < -0.4 is 10.6 Å². The second kappa shape index (κ2) is 6.29. The Morgan fingerprint density at radius 3 is 2.29 bits per heavy atom. The summed E-state index contributed by atoms with van der Waals surface area (Å²) in [6, 6.07) is 10.6. The third-order valence-electron chi connectivity index (χ3n) is 3.53. The number of anilines is 2. The lowest BCUT2D eigenvalue weighted by Crippen LogP contribution is -2.27. The summed E-state index contributed by atoms with van der Waals surface area (Å²) in [7, 11) is 1.47. The lowest BCUT2D eigenvalue weighted by atomic mass is 10.2. The molecule has 1 aromatic carbocycles. The zero-order chi connectivity index (χ0) is 17.3. The molecular weight excluding hydrogens is 326 g/mol. The van der Waals surface area contributed by atoms with Crippen molar-refractivity contribution in [3.05, 3.63) is 52.4 Å². The summed E-state index contributed by atoms with van der Waals surface area (Å²) in [5, 5.41) is 7.56. The van der Waals surface area contributed by atoms with Crippen LogP contribution in [-0.4, -0.2) is 29.7 Å². The Labute approximate surface area is 142 Å². The highest BCUT2D eigenvalue weighted by Gasteiger charge is 2.37. The van der Waals surface area contributed by atoms with E-state index in [1.807, 2.05) is 17.5 Å². The number of carbonyl (C=O) groups is 3. The maximum atomic E-state index is 12.4. The van der Waals surface area contributed by atoms with Crippen LogP contribution in [0.2, 0.25) is 0 Å². The normalized spacial score (nSPS) is 14.3. The zero-order valence-corrected chi connectivity index (χ0v) is 13.9. The standard InChI is InChI=1S/C17H15N3O3S/c1-10(21)18-11-5-7-12(8-6-11)19-15-14(13-4-3-9-24-13)16(22)20(2)17(15)23/h3-9,19H,1-2H3,(H,18,21). The molecule has 6 nitrogen and oxygen atoms in total. The number of likely N-dealkylation sites (N-methyl/N-ethyl adjacent to an activating group) is 1. The molecule has 1 aliphatic rings. The van der Waals surface area contributed by atoms with E-state index in [2.05, 4.69) is 10.6 Å². The van der Waals surface area contributed by atoms with Crippen LogP contribution in [0.4, 0.5) is 11.4 Å². The topological polar surface area (TPSA) is 78.5 Å². The minimum Gasteiger partial charge on any atom is -0.350 e. The van der Waals surface area contributed by atoms with Gasteiger partial charge in [0.2, 0.25) is 5.91 Å². The summed E-state index contributed by atoms with van der Waals surface area (Å²) >= 11 is 1.41. The molecule has 2 heterocycles. The summed E-state index contributed by atoms with van der Waals surface area (Å²) < 4.78 is 0. The SMILES string of the molecule is CC(=O)Nc1ccc(NC2=C(c3cccs3)C(=O)N(C)C2=O)cc1. The highest BCUT2D eigenvalue weighted by Crippen LogP contribution is 2.32. The van der Waals surface area contributed by atoms with Crippen molar-refractivity contribution in [2.75, 3.05) is 17.7 Å². The third-order valence-corrected chi connectivity index (χ3v) is 4.42. The fraction of sp³-hybridized carbons (Fsp3) is 0.118. The maximum absolute atomic E-state index is 12.4. The van der Waals surface area contributed by atoms with E-state index in [0.717, 1.165) is 9.78 Å². The Hall–Kier alpha value is -2.93. The molecule has 2 aromatic rings. The number of nitrogens with zero attached hydrogens (tertiary/aromatic N) is 1. The number of hydrogen-bond donors (Lipinski definition) is 2. The molecule has 24 heavy (non-hydrogen) atoms. The second-order valence-electron chi connectivity index (χ2n) is 5.28. The van der Waals surface area contributed by atoms with Crippen molar-refractivity contribution in [2.24, 2.45) is 0 Å². The highest BCUT2D eigenvalue weighted by molar-refractivity contribution is 7.11. The number of thiophene rings is 1. The van der Waals surface area contributed by atoms with Crippen LogP contribution in [0.25, 0.3) is 5.57 Å². The van der Waals surface area contributed by atoms with E-state index in [1.165, 1.54) is 25.3 Å². The van der Waals surface area contributed by atoms with Gasteiger partial charge in [0.25, 0.3) is 11.8 Å². The van der Waals surface area contributed by atoms with Crippen LogP contribution in [0.1, 0.15) is 11.8 Å². The molecule has 0 saturated carbocycles. The lowest BCUT2D eigenvalue weighted by Gasteiger charge is -2.09. The third kappa shape index (κ3) is 2.93. The van der Waals surface area contributed by atoms with Gasteiger partial charge < -0.3 is 10.6 Å². The molecule has 3 rings (SSSR count). The van der Waals surface area contributed by atoms with Gasteiger partial charge in [-0.05, 0) is 35.7 Å². The molecule has 0 saturated heterocycles. The van der Waals surface area contributed by atoms with Crippen LogP contribution in [0, 0.1) is 0 Å². The minimum atomic E-state index is -0.366. The summed E-state index contributed by atoms with van der Waals surface area (Å²) in [4.78, 5) is 37.6. The first-order chi connectivity index (χ1) is 11.5. The van der Waals surface area contributed by atoms with Crippen LogP contribution >= 0.6 is 11.3 Å². The minimum absolute atomic E-state index is 0.156. The van der Waals surface area contributed by atoms with Gasteiger partial charge >= 0.3 is 0 Å². The smallest absolute Gasteiger partial charge is 0.277 e. The Kier molecular flexibility index (Phi) is 4.18. The molecule has 1 aromatic heterocycles. The van der Waals surface area contributed by atoms with Crippen LogP contribution in [0.5, 0.6) is 0 Å². The summed E-state index contributed by atoms with van der Waals surface area (Å²) in [6.07, 6.45) is 0. The van der Waals surface area contributed by atoms with Crippen molar-refractivity contribution in [2.45, 2.75) is 6.92 Å². The predicted molar refractivity (Wildman–Crippen MR) is 93.4 cm³/mol. The summed E-state index contributed by atoms with van der Waals surface area (Å²) in [6.45, 7) is 1.43. The predicted octanol–water partition coefficient (Wildman–Crippen LogP) is 2.53. The van der Waals surface area contributed by atoms with Gasteiger partial charge in [-0.2, -0.15) is 0 Å². The molecule has 0 bridgehead atoms. The van der Waals surface area contributed by atoms with Crippen molar-refractivity contribution in [3.63, 3.8) is 0 Å². The Morgan fingerprint density at radius 2 is 1.71 bits per heavy atom. The number of nitrogens with one attached hydrogen (secondary N) is 2. The second-order valence-corrected chi connectivity index (χ2v) is 6.23. The molecule has 0 spiro atoms. The highest BCUT2D eigenvalue weighted by atomic mass is 32.1. The molecule has 122 valence electrons. The van der Waals surface area contributed by atoms with E-state index in [1.54, 1.807) is 24.3 Å². The van der Waals surface area contributed by atoms with Crippen LogP contribution in [-0.2, 0) is 14.4 Å². The van der Waals surface area contributed by atoms with E-state index < -0.39 is 0 Å². The van der Waals surface area contributed by atoms with E-state index in [4.69, 9.17) is 0 Å². The number of amides is 3. The largest absolute Gasteiger partial charge is 0.350 e. The first kappa shape index (κ1) is 15.9. The number of hydrogen-bond acceptors (Lipinski definition) is 5. The van der Waals surface area contributed by atoms with Crippen LogP contribution in [0.3, 0.4) is 0 Å². The molecular formula is C17H15N3O3S. The van der Waals surface area contributed by atoms with E-state index in [9.17, 15) is 14.4 Å². The van der Waals surface area contributed by atoms with Gasteiger partial charge in [0.15, 0.2) is 0 Å². The zero-order valence-electron chi connectivity index (χ0n) is 13.1. The van der Waals surface area contributed by atoms with Gasteiger partial charge in [-0.1, -0.05) is 6.07 Å². The van der Waals surface area contributed by atoms with Gasteiger partial charge in [0.1, 0.15) is 5.70 Å². The molecule has 2 N–H and O–H groups in total. The Balaban J connectivity index is 1.92. The molecule has 7 heteroatoms. The van der Waals surface area contributed by atoms with E-state index >= 15 is 0 Å². The Bertz CT molecular complexity index is 838. The van der Waals surface area contributed by atoms with Crippen molar-refractivity contribution in [1.29, 1.82) is 0 Å². The van der Waals surface area contributed by atoms with Gasteiger partial charge in [0, 0.05) is 30.2 Å². The molecule has 0 fully saturated rings. The van der Waals surface area contributed by atoms with Gasteiger partial charge in [0.05, 0.1) is 5.57 Å². The van der Waals surface area contributed by atoms with Crippen molar-refractivity contribution in [3.8, 4) is 0 Å². The average Bonchev–Trinajstić information content (AvgIpc) is 3.13. The van der Waals surface area contributed by atoms with E-state index in [-0.39, 0.29) is 23.4 Å². The number of benzene rings is 1. The molecule has 0 unspecified atom stereocenters. The average molecular weight is 341 g/mol. The maximum Gasteiger partial charge on any atom is 0.277 e. The van der Waals surface area contributed by atoms with Gasteiger partial charge in [-0.3, -0.25) is 19.3 Å².